The minimum absolute atomic E-state index is 0.0618. The number of carbonyl (C=O) groups is 2. The molecule has 0 bridgehead atoms. The van der Waals surface area contributed by atoms with Crippen molar-refractivity contribution in [2.24, 2.45) is 0 Å². The number of benzene rings is 3. The molecular weight excluding hydrogens is 450 g/mol. The first-order chi connectivity index (χ1) is 15.1. The summed E-state index contributed by atoms with van der Waals surface area (Å²) >= 11 is 5.93. The highest BCUT2D eigenvalue weighted by atomic mass is 35.5. The van der Waals surface area contributed by atoms with E-state index in [0.29, 0.717) is 11.4 Å². The molecule has 0 aliphatic rings. The minimum Gasteiger partial charge on any atom is -0.348 e. The van der Waals surface area contributed by atoms with Gasteiger partial charge in [-0.25, -0.2) is 13.2 Å². The van der Waals surface area contributed by atoms with Crippen LogP contribution >= 0.6 is 11.6 Å². The second-order valence-electron chi connectivity index (χ2n) is 7.25. The molecule has 3 aromatic carbocycles. The van der Waals surface area contributed by atoms with Crippen molar-refractivity contribution >= 4 is 44.8 Å². The minimum atomic E-state index is -3.56. The van der Waals surface area contributed by atoms with Crippen molar-refractivity contribution in [3.63, 3.8) is 0 Å². The molecule has 9 heteroatoms. The first kappa shape index (κ1) is 23.3. The van der Waals surface area contributed by atoms with Gasteiger partial charge in [0.1, 0.15) is 0 Å². The maximum Gasteiger partial charge on any atom is 0.323 e. The number of aryl methyl sites for hydroxylation is 1. The summed E-state index contributed by atoms with van der Waals surface area (Å²) in [6.07, 6.45) is 1.03. The SMILES string of the molecule is Cc1cccc(NC(=O)Nc2cccc(CNC(=O)c3ccc(Cl)c(S(C)(=O)=O)c3)c2)c1. The summed E-state index contributed by atoms with van der Waals surface area (Å²) in [5, 5.41) is 8.32. The number of hydrogen-bond acceptors (Lipinski definition) is 4. The van der Waals surface area contributed by atoms with Crippen molar-refractivity contribution in [2.45, 2.75) is 18.4 Å². The molecule has 3 aromatic rings. The molecule has 0 saturated heterocycles. The molecule has 166 valence electrons. The van der Waals surface area contributed by atoms with Gasteiger partial charge in [-0.1, -0.05) is 35.9 Å². The predicted octanol–water partition coefficient (Wildman–Crippen LogP) is 4.63. The van der Waals surface area contributed by atoms with Crippen LogP contribution in [0, 0.1) is 6.92 Å². The quantitative estimate of drug-likeness (QED) is 0.487. The van der Waals surface area contributed by atoms with Gasteiger partial charge in [0.2, 0.25) is 0 Å². The zero-order chi connectivity index (χ0) is 23.3. The molecule has 32 heavy (non-hydrogen) atoms. The highest BCUT2D eigenvalue weighted by Gasteiger charge is 2.16. The lowest BCUT2D eigenvalue weighted by atomic mass is 10.1. The largest absolute Gasteiger partial charge is 0.348 e. The van der Waals surface area contributed by atoms with E-state index >= 15 is 0 Å². The van der Waals surface area contributed by atoms with Crippen molar-refractivity contribution in [1.82, 2.24) is 5.32 Å². The van der Waals surface area contributed by atoms with Gasteiger partial charge in [0.05, 0.1) is 9.92 Å². The molecule has 0 unspecified atom stereocenters. The Morgan fingerprint density at radius 3 is 2.22 bits per heavy atom. The third-order valence-corrected chi connectivity index (χ3v) is 6.09. The Labute approximate surface area is 191 Å². The number of nitrogens with one attached hydrogen (secondary N) is 3. The molecule has 3 amide bonds. The molecule has 0 aliphatic heterocycles. The summed E-state index contributed by atoms with van der Waals surface area (Å²) in [5.74, 6) is -0.442. The maximum absolute atomic E-state index is 12.5. The highest BCUT2D eigenvalue weighted by molar-refractivity contribution is 7.90. The van der Waals surface area contributed by atoms with Gasteiger partial charge in [0, 0.05) is 29.7 Å². The van der Waals surface area contributed by atoms with Crippen molar-refractivity contribution in [3.8, 4) is 0 Å². The predicted molar refractivity (Wildman–Crippen MR) is 126 cm³/mol. The molecule has 0 spiro atoms. The van der Waals surface area contributed by atoms with Crippen LogP contribution in [0.15, 0.2) is 71.6 Å². The second kappa shape index (κ2) is 9.84. The smallest absolute Gasteiger partial charge is 0.323 e. The van der Waals surface area contributed by atoms with Crippen LogP contribution in [-0.4, -0.2) is 26.6 Å². The van der Waals surface area contributed by atoms with Crippen LogP contribution in [0.25, 0.3) is 0 Å². The van der Waals surface area contributed by atoms with E-state index in [1.165, 1.54) is 18.2 Å². The van der Waals surface area contributed by atoms with E-state index < -0.39 is 15.7 Å². The summed E-state index contributed by atoms with van der Waals surface area (Å²) in [4.78, 5) is 24.6. The van der Waals surface area contributed by atoms with E-state index in [1.54, 1.807) is 30.3 Å². The number of amides is 3. The van der Waals surface area contributed by atoms with Crippen molar-refractivity contribution in [2.75, 3.05) is 16.9 Å². The first-order valence-corrected chi connectivity index (χ1v) is 11.9. The number of carbonyl (C=O) groups excluding carboxylic acids is 2. The Kier molecular flexibility index (Phi) is 7.17. The molecule has 0 aliphatic carbocycles. The van der Waals surface area contributed by atoms with Gasteiger partial charge in [0.15, 0.2) is 9.84 Å². The lowest BCUT2D eigenvalue weighted by Crippen LogP contribution is -2.23. The number of sulfone groups is 1. The first-order valence-electron chi connectivity index (χ1n) is 9.63. The molecule has 0 heterocycles. The van der Waals surface area contributed by atoms with E-state index in [4.69, 9.17) is 11.6 Å². The van der Waals surface area contributed by atoms with Crippen LogP contribution in [0.3, 0.4) is 0 Å². The third-order valence-electron chi connectivity index (χ3n) is 4.51. The standard InChI is InChI=1S/C23H22ClN3O4S/c1-15-5-3-7-18(11-15)26-23(29)27-19-8-4-6-16(12-19)14-25-22(28)17-9-10-20(24)21(13-17)32(2,30)31/h3-13H,14H2,1-2H3,(H,25,28)(H2,26,27,29). The molecule has 3 N–H and O–H groups in total. The number of rotatable bonds is 6. The van der Waals surface area contributed by atoms with Gasteiger partial charge in [-0.2, -0.15) is 0 Å². The number of anilines is 2. The van der Waals surface area contributed by atoms with Gasteiger partial charge in [-0.15, -0.1) is 0 Å². The Bertz CT molecular complexity index is 1280. The molecule has 0 atom stereocenters. The molecular formula is C23H22ClN3O4S. The average Bonchev–Trinajstić information content (AvgIpc) is 2.71. The number of halogens is 1. The molecule has 0 aromatic heterocycles. The Morgan fingerprint density at radius 2 is 1.56 bits per heavy atom. The fourth-order valence-corrected chi connectivity index (χ4v) is 4.29. The van der Waals surface area contributed by atoms with E-state index in [2.05, 4.69) is 16.0 Å². The molecule has 3 rings (SSSR count). The maximum atomic E-state index is 12.5. The highest BCUT2D eigenvalue weighted by Crippen LogP contribution is 2.22. The molecule has 7 nitrogen and oxygen atoms in total. The van der Waals surface area contributed by atoms with Crippen molar-refractivity contribution < 1.29 is 18.0 Å². The van der Waals surface area contributed by atoms with E-state index in [0.717, 1.165) is 17.4 Å². The fraction of sp³-hybridized carbons (Fsp3) is 0.130. The Balaban J connectivity index is 1.62. The topological polar surface area (TPSA) is 104 Å². The van der Waals surface area contributed by atoms with Crippen molar-refractivity contribution in [1.29, 1.82) is 0 Å². The monoisotopic (exact) mass is 471 g/mol. The van der Waals surface area contributed by atoms with Gasteiger partial charge in [-0.3, -0.25) is 4.79 Å². The lowest BCUT2D eigenvalue weighted by Gasteiger charge is -2.11. The summed E-state index contributed by atoms with van der Waals surface area (Å²) in [7, 11) is -3.56. The molecule has 0 fully saturated rings. The van der Waals surface area contributed by atoms with Crippen LogP contribution in [0.2, 0.25) is 5.02 Å². The van der Waals surface area contributed by atoms with Gasteiger partial charge >= 0.3 is 6.03 Å². The summed E-state index contributed by atoms with van der Waals surface area (Å²) in [5.41, 5.74) is 3.21. The van der Waals surface area contributed by atoms with E-state index in [1.807, 2.05) is 25.1 Å². The average molecular weight is 472 g/mol. The van der Waals surface area contributed by atoms with E-state index in [9.17, 15) is 18.0 Å². The Morgan fingerprint density at radius 1 is 0.906 bits per heavy atom. The van der Waals surface area contributed by atoms with Crippen molar-refractivity contribution in [3.05, 3.63) is 88.4 Å². The molecule has 0 saturated carbocycles. The summed E-state index contributed by atoms with van der Waals surface area (Å²) < 4.78 is 23.6. The van der Waals surface area contributed by atoms with Crippen LogP contribution in [0.4, 0.5) is 16.2 Å². The van der Waals surface area contributed by atoms with E-state index in [-0.39, 0.29) is 28.1 Å². The zero-order valence-electron chi connectivity index (χ0n) is 17.5. The van der Waals surface area contributed by atoms with Crippen LogP contribution in [0.5, 0.6) is 0 Å². The third kappa shape index (κ3) is 6.32. The summed E-state index contributed by atoms with van der Waals surface area (Å²) in [6.45, 7) is 2.12. The zero-order valence-corrected chi connectivity index (χ0v) is 19.0. The van der Waals surface area contributed by atoms with Gasteiger partial charge in [-0.05, 0) is 60.5 Å². The fourth-order valence-electron chi connectivity index (χ4n) is 2.99. The van der Waals surface area contributed by atoms with Crippen LogP contribution < -0.4 is 16.0 Å². The Hall–Kier alpha value is -3.36. The normalized spacial score (nSPS) is 11.0. The second-order valence-corrected chi connectivity index (χ2v) is 9.64. The number of hydrogen-bond donors (Lipinski definition) is 3. The molecule has 0 radical (unpaired) electrons. The lowest BCUT2D eigenvalue weighted by molar-refractivity contribution is 0.0950. The van der Waals surface area contributed by atoms with Gasteiger partial charge < -0.3 is 16.0 Å². The van der Waals surface area contributed by atoms with Crippen LogP contribution in [0.1, 0.15) is 21.5 Å². The number of urea groups is 1. The summed E-state index contributed by atoms with van der Waals surface area (Å²) in [6, 6.07) is 18.2. The van der Waals surface area contributed by atoms with Crippen LogP contribution in [-0.2, 0) is 16.4 Å². The van der Waals surface area contributed by atoms with Gasteiger partial charge in [0.25, 0.3) is 5.91 Å².